The second-order valence-electron chi connectivity index (χ2n) is 5.84. The molecule has 0 bridgehead atoms. The second kappa shape index (κ2) is 4.55. The molecule has 2 unspecified atom stereocenters. The summed E-state index contributed by atoms with van der Waals surface area (Å²) in [5.74, 6) is 0. The summed E-state index contributed by atoms with van der Waals surface area (Å²) >= 11 is 0. The Kier molecular flexibility index (Phi) is 2.77. The van der Waals surface area contributed by atoms with Gasteiger partial charge in [-0.3, -0.25) is 0 Å². The van der Waals surface area contributed by atoms with Crippen LogP contribution in [0.3, 0.4) is 0 Å². The molecule has 0 N–H and O–H groups in total. The van der Waals surface area contributed by atoms with Gasteiger partial charge >= 0.3 is 0 Å². The quantitative estimate of drug-likeness (QED) is 0.577. The third-order valence-electron chi connectivity index (χ3n) is 4.69. The lowest BCUT2D eigenvalue weighted by Gasteiger charge is -2.28. The molecule has 3 aromatic carbocycles. The molecule has 102 valence electrons. The first kappa shape index (κ1) is 12.8. The van der Waals surface area contributed by atoms with Gasteiger partial charge in [0.2, 0.25) is 0 Å². The highest BCUT2D eigenvalue weighted by Gasteiger charge is 2.40. The van der Waals surface area contributed by atoms with Gasteiger partial charge in [0, 0.05) is 5.41 Å². The first-order valence-corrected chi connectivity index (χ1v) is 7.84. The Labute approximate surface area is 128 Å². The van der Waals surface area contributed by atoms with Crippen molar-refractivity contribution in [3.8, 4) is 11.1 Å². The normalized spacial score (nSPS) is 19.1. The standard InChI is InChI=1S/C20H17P/c1-20(14-7-3-2-4-8-14)18-10-6-5-9-16(18)17-12-11-15(21)13-19(17)20/h2-13H,21H2,1H3. The van der Waals surface area contributed by atoms with Crippen LogP contribution in [-0.2, 0) is 5.41 Å². The van der Waals surface area contributed by atoms with Crippen molar-refractivity contribution in [2.75, 3.05) is 0 Å². The Morgan fingerprint density at radius 2 is 1.38 bits per heavy atom. The maximum atomic E-state index is 2.82. The Balaban J connectivity index is 2.10. The van der Waals surface area contributed by atoms with Gasteiger partial charge in [0.1, 0.15) is 0 Å². The Hall–Kier alpha value is -1.91. The van der Waals surface area contributed by atoms with Gasteiger partial charge in [0.05, 0.1) is 0 Å². The van der Waals surface area contributed by atoms with Crippen molar-refractivity contribution in [1.29, 1.82) is 0 Å². The van der Waals surface area contributed by atoms with E-state index in [1.165, 1.54) is 33.1 Å². The highest BCUT2D eigenvalue weighted by molar-refractivity contribution is 7.27. The zero-order valence-electron chi connectivity index (χ0n) is 12.0. The third-order valence-corrected chi connectivity index (χ3v) is 5.05. The molecule has 3 aromatic rings. The van der Waals surface area contributed by atoms with Gasteiger partial charge < -0.3 is 0 Å². The molecule has 4 rings (SSSR count). The Morgan fingerprint density at radius 3 is 2.19 bits per heavy atom. The summed E-state index contributed by atoms with van der Waals surface area (Å²) in [7, 11) is 2.82. The van der Waals surface area contributed by atoms with Gasteiger partial charge in [-0.25, -0.2) is 0 Å². The summed E-state index contributed by atoms with van der Waals surface area (Å²) in [5, 5.41) is 1.24. The van der Waals surface area contributed by atoms with Crippen LogP contribution < -0.4 is 5.30 Å². The predicted molar refractivity (Wildman–Crippen MR) is 93.2 cm³/mol. The zero-order chi connectivity index (χ0) is 14.4. The maximum absolute atomic E-state index is 2.82. The van der Waals surface area contributed by atoms with Crippen LogP contribution in [0.5, 0.6) is 0 Å². The minimum absolute atomic E-state index is 0.0697. The van der Waals surface area contributed by atoms with E-state index < -0.39 is 0 Å². The van der Waals surface area contributed by atoms with Gasteiger partial charge in [-0.05, 0) is 46.1 Å². The molecule has 0 aliphatic heterocycles. The fraction of sp³-hybridized carbons (Fsp3) is 0.100. The van der Waals surface area contributed by atoms with E-state index >= 15 is 0 Å². The van der Waals surface area contributed by atoms with Crippen molar-refractivity contribution in [2.24, 2.45) is 0 Å². The molecule has 21 heavy (non-hydrogen) atoms. The van der Waals surface area contributed by atoms with Crippen LogP contribution in [0.1, 0.15) is 23.6 Å². The van der Waals surface area contributed by atoms with E-state index in [-0.39, 0.29) is 5.41 Å². The van der Waals surface area contributed by atoms with E-state index in [0.717, 1.165) is 0 Å². The van der Waals surface area contributed by atoms with Crippen LogP contribution in [-0.4, -0.2) is 0 Å². The largest absolute Gasteiger partial charge is 0.106 e. The molecule has 2 atom stereocenters. The van der Waals surface area contributed by atoms with E-state index in [9.17, 15) is 0 Å². The number of hydrogen-bond acceptors (Lipinski definition) is 0. The molecule has 0 saturated heterocycles. The van der Waals surface area contributed by atoms with Crippen LogP contribution in [0.4, 0.5) is 0 Å². The Bertz CT molecular complexity index is 820. The van der Waals surface area contributed by atoms with E-state index in [1.807, 2.05) is 0 Å². The maximum Gasteiger partial charge on any atom is 0.0435 e. The van der Waals surface area contributed by atoms with Crippen LogP contribution in [0.15, 0.2) is 72.8 Å². The molecule has 0 amide bonds. The first-order chi connectivity index (χ1) is 10.2. The van der Waals surface area contributed by atoms with E-state index in [1.54, 1.807) is 0 Å². The fourth-order valence-corrected chi connectivity index (χ4v) is 3.85. The van der Waals surface area contributed by atoms with Crippen molar-refractivity contribution >= 4 is 14.5 Å². The summed E-state index contributed by atoms with van der Waals surface area (Å²) in [6.45, 7) is 2.34. The van der Waals surface area contributed by atoms with E-state index in [4.69, 9.17) is 0 Å². The average Bonchev–Trinajstić information content (AvgIpc) is 2.79. The molecule has 0 aromatic heterocycles. The molecule has 1 heteroatoms. The summed E-state index contributed by atoms with van der Waals surface area (Å²) in [5.41, 5.74) is 6.82. The Morgan fingerprint density at radius 1 is 0.714 bits per heavy atom. The molecule has 0 heterocycles. The van der Waals surface area contributed by atoms with Gasteiger partial charge in [0.15, 0.2) is 0 Å². The highest BCUT2D eigenvalue weighted by Crippen LogP contribution is 2.51. The van der Waals surface area contributed by atoms with Crippen LogP contribution in [0.2, 0.25) is 0 Å². The molecule has 0 radical (unpaired) electrons. The van der Waals surface area contributed by atoms with Crippen molar-refractivity contribution in [3.05, 3.63) is 89.5 Å². The van der Waals surface area contributed by atoms with Crippen molar-refractivity contribution < 1.29 is 0 Å². The lowest BCUT2D eigenvalue weighted by molar-refractivity contribution is 0.714. The molecule has 0 saturated carbocycles. The van der Waals surface area contributed by atoms with Gasteiger partial charge in [-0.2, -0.15) is 0 Å². The number of benzene rings is 3. The molecule has 1 aliphatic rings. The molecule has 1 aliphatic carbocycles. The SMILES string of the molecule is CC1(c2ccccc2)c2ccccc2-c2ccc(P)cc21. The third kappa shape index (κ3) is 1.73. The first-order valence-electron chi connectivity index (χ1n) is 7.26. The fourth-order valence-electron chi connectivity index (χ4n) is 3.59. The minimum atomic E-state index is -0.0697. The molecular weight excluding hydrogens is 271 g/mol. The van der Waals surface area contributed by atoms with Crippen molar-refractivity contribution in [2.45, 2.75) is 12.3 Å². The van der Waals surface area contributed by atoms with Gasteiger partial charge in [0.25, 0.3) is 0 Å². The summed E-state index contributed by atoms with van der Waals surface area (Å²) in [4.78, 5) is 0. The molecule has 0 fully saturated rings. The summed E-state index contributed by atoms with van der Waals surface area (Å²) < 4.78 is 0. The van der Waals surface area contributed by atoms with Crippen LogP contribution in [0, 0.1) is 0 Å². The lowest BCUT2D eigenvalue weighted by atomic mass is 9.74. The highest BCUT2D eigenvalue weighted by atomic mass is 31.0. The summed E-state index contributed by atoms with van der Waals surface area (Å²) in [6, 6.07) is 26.4. The monoisotopic (exact) mass is 288 g/mol. The van der Waals surface area contributed by atoms with Gasteiger partial charge in [-0.1, -0.05) is 66.7 Å². The predicted octanol–water partition coefficient (Wildman–Crippen LogP) is 4.52. The second-order valence-corrected chi connectivity index (χ2v) is 6.51. The van der Waals surface area contributed by atoms with Crippen LogP contribution in [0.25, 0.3) is 11.1 Å². The number of rotatable bonds is 1. The van der Waals surface area contributed by atoms with E-state index in [2.05, 4.69) is 89.0 Å². The smallest absolute Gasteiger partial charge is 0.0435 e. The molecule has 0 nitrogen and oxygen atoms in total. The minimum Gasteiger partial charge on any atom is -0.106 e. The lowest BCUT2D eigenvalue weighted by Crippen LogP contribution is -2.23. The zero-order valence-corrected chi connectivity index (χ0v) is 13.2. The summed E-state index contributed by atoms with van der Waals surface area (Å²) in [6.07, 6.45) is 0. The topological polar surface area (TPSA) is 0 Å². The molecule has 0 spiro atoms. The average molecular weight is 288 g/mol. The van der Waals surface area contributed by atoms with Crippen molar-refractivity contribution in [1.82, 2.24) is 0 Å². The van der Waals surface area contributed by atoms with Gasteiger partial charge in [-0.15, -0.1) is 9.24 Å². The van der Waals surface area contributed by atoms with Crippen LogP contribution >= 0.6 is 9.24 Å². The molecular formula is C20H17P. The van der Waals surface area contributed by atoms with Crippen molar-refractivity contribution in [3.63, 3.8) is 0 Å². The number of hydrogen-bond donors (Lipinski definition) is 0. The van der Waals surface area contributed by atoms with E-state index in [0.29, 0.717) is 0 Å². The number of fused-ring (bicyclic) bond motifs is 3.